The Labute approximate surface area is 86.9 Å². The molecular formula is C12H21NO. The summed E-state index contributed by atoms with van der Waals surface area (Å²) in [5.74, 6) is 1.05. The van der Waals surface area contributed by atoms with E-state index in [4.69, 9.17) is 4.42 Å². The first-order chi connectivity index (χ1) is 6.54. The lowest BCUT2D eigenvalue weighted by Crippen LogP contribution is -2.41. The highest BCUT2D eigenvalue weighted by molar-refractivity contribution is 4.98. The van der Waals surface area contributed by atoms with Crippen molar-refractivity contribution in [2.75, 3.05) is 6.54 Å². The Morgan fingerprint density at radius 3 is 2.50 bits per heavy atom. The third-order valence-corrected chi connectivity index (χ3v) is 2.37. The van der Waals surface area contributed by atoms with E-state index in [0.717, 1.165) is 18.8 Å². The molecule has 0 radical (unpaired) electrons. The van der Waals surface area contributed by atoms with E-state index in [-0.39, 0.29) is 5.54 Å². The maximum Gasteiger partial charge on any atom is 0.117 e. The molecule has 0 bridgehead atoms. The van der Waals surface area contributed by atoms with Crippen LogP contribution >= 0.6 is 0 Å². The van der Waals surface area contributed by atoms with Crippen LogP contribution in [0.15, 0.2) is 22.8 Å². The Morgan fingerprint density at radius 2 is 2.07 bits per heavy atom. The first-order valence-electron chi connectivity index (χ1n) is 5.31. The van der Waals surface area contributed by atoms with Crippen molar-refractivity contribution in [3.8, 4) is 0 Å². The van der Waals surface area contributed by atoms with Gasteiger partial charge in [0.05, 0.1) is 12.8 Å². The number of hydrogen-bond acceptors (Lipinski definition) is 2. The minimum absolute atomic E-state index is 0.211. The summed E-state index contributed by atoms with van der Waals surface area (Å²) in [5.41, 5.74) is 0.211. The van der Waals surface area contributed by atoms with Crippen molar-refractivity contribution in [2.45, 2.75) is 46.2 Å². The second kappa shape index (κ2) is 4.65. The van der Waals surface area contributed by atoms with Gasteiger partial charge in [-0.15, -0.1) is 0 Å². The van der Waals surface area contributed by atoms with E-state index >= 15 is 0 Å². The molecule has 0 aromatic carbocycles. The average Bonchev–Trinajstić information content (AvgIpc) is 2.54. The molecule has 80 valence electrons. The van der Waals surface area contributed by atoms with Gasteiger partial charge in [-0.3, -0.25) is 4.90 Å². The smallest absolute Gasteiger partial charge is 0.117 e. The first-order valence-corrected chi connectivity index (χ1v) is 5.31. The molecular weight excluding hydrogens is 174 g/mol. The quantitative estimate of drug-likeness (QED) is 0.733. The minimum Gasteiger partial charge on any atom is -0.468 e. The monoisotopic (exact) mass is 195 g/mol. The fourth-order valence-corrected chi connectivity index (χ4v) is 1.51. The maximum atomic E-state index is 5.36. The fourth-order valence-electron chi connectivity index (χ4n) is 1.51. The van der Waals surface area contributed by atoms with Crippen LogP contribution in [-0.2, 0) is 6.54 Å². The summed E-state index contributed by atoms with van der Waals surface area (Å²) >= 11 is 0. The van der Waals surface area contributed by atoms with Crippen LogP contribution in [0.1, 0.15) is 39.9 Å². The fraction of sp³-hybridized carbons (Fsp3) is 0.667. The second-order valence-corrected chi connectivity index (χ2v) is 4.67. The Hall–Kier alpha value is -0.760. The van der Waals surface area contributed by atoms with Gasteiger partial charge in [-0.05, 0) is 45.9 Å². The molecule has 0 unspecified atom stereocenters. The van der Waals surface area contributed by atoms with E-state index < -0.39 is 0 Å². The molecule has 0 fully saturated rings. The van der Waals surface area contributed by atoms with Crippen molar-refractivity contribution in [3.05, 3.63) is 24.2 Å². The zero-order valence-corrected chi connectivity index (χ0v) is 9.71. The normalized spacial score (nSPS) is 12.4. The molecule has 0 aliphatic rings. The van der Waals surface area contributed by atoms with Gasteiger partial charge >= 0.3 is 0 Å². The molecule has 2 nitrogen and oxygen atoms in total. The van der Waals surface area contributed by atoms with Crippen LogP contribution in [0, 0.1) is 0 Å². The molecule has 0 aliphatic heterocycles. The number of rotatable bonds is 4. The molecule has 0 amide bonds. The summed E-state index contributed by atoms with van der Waals surface area (Å²) < 4.78 is 5.36. The highest BCUT2D eigenvalue weighted by Crippen LogP contribution is 2.17. The molecule has 14 heavy (non-hydrogen) atoms. The van der Waals surface area contributed by atoms with E-state index in [2.05, 4.69) is 32.6 Å². The number of nitrogens with zero attached hydrogens (tertiary/aromatic N) is 1. The largest absolute Gasteiger partial charge is 0.468 e. The predicted octanol–water partition coefficient (Wildman–Crippen LogP) is 3.29. The van der Waals surface area contributed by atoms with Crippen molar-refractivity contribution in [1.29, 1.82) is 0 Å². The molecule has 0 N–H and O–H groups in total. The van der Waals surface area contributed by atoms with Crippen LogP contribution in [0.25, 0.3) is 0 Å². The molecule has 0 saturated carbocycles. The molecule has 0 aliphatic carbocycles. The molecule has 2 heteroatoms. The Morgan fingerprint density at radius 1 is 1.36 bits per heavy atom. The van der Waals surface area contributed by atoms with Gasteiger partial charge in [0.15, 0.2) is 0 Å². The van der Waals surface area contributed by atoms with Crippen molar-refractivity contribution in [1.82, 2.24) is 4.90 Å². The predicted molar refractivity (Wildman–Crippen MR) is 59.2 cm³/mol. The zero-order chi connectivity index (χ0) is 10.6. The molecule has 0 atom stereocenters. The van der Waals surface area contributed by atoms with Crippen LogP contribution in [0.4, 0.5) is 0 Å². The third kappa shape index (κ3) is 3.18. The van der Waals surface area contributed by atoms with Gasteiger partial charge in [-0.25, -0.2) is 0 Å². The summed E-state index contributed by atoms with van der Waals surface area (Å²) in [6.07, 6.45) is 2.92. The van der Waals surface area contributed by atoms with Gasteiger partial charge in [0.1, 0.15) is 5.76 Å². The average molecular weight is 195 g/mol. The first kappa shape index (κ1) is 11.3. The summed E-state index contributed by atoms with van der Waals surface area (Å²) in [7, 11) is 0. The molecule has 1 heterocycles. The molecule has 1 rings (SSSR count). The maximum absolute atomic E-state index is 5.36. The van der Waals surface area contributed by atoms with Gasteiger partial charge < -0.3 is 4.42 Å². The van der Waals surface area contributed by atoms with E-state index in [1.807, 2.05) is 12.1 Å². The molecule has 0 spiro atoms. The summed E-state index contributed by atoms with van der Waals surface area (Å²) in [6.45, 7) is 11.0. The van der Waals surface area contributed by atoms with Crippen LogP contribution in [0.2, 0.25) is 0 Å². The van der Waals surface area contributed by atoms with Gasteiger partial charge in [-0.1, -0.05) is 6.92 Å². The van der Waals surface area contributed by atoms with Gasteiger partial charge in [-0.2, -0.15) is 0 Å². The van der Waals surface area contributed by atoms with E-state index in [9.17, 15) is 0 Å². The van der Waals surface area contributed by atoms with Crippen LogP contribution in [-0.4, -0.2) is 17.0 Å². The van der Waals surface area contributed by atoms with Crippen LogP contribution in [0.5, 0.6) is 0 Å². The van der Waals surface area contributed by atoms with E-state index in [0.29, 0.717) is 0 Å². The van der Waals surface area contributed by atoms with Gasteiger partial charge in [0.25, 0.3) is 0 Å². The van der Waals surface area contributed by atoms with Crippen molar-refractivity contribution >= 4 is 0 Å². The number of furan rings is 1. The van der Waals surface area contributed by atoms with Crippen LogP contribution < -0.4 is 0 Å². The topological polar surface area (TPSA) is 16.4 Å². The van der Waals surface area contributed by atoms with Gasteiger partial charge in [0, 0.05) is 5.54 Å². The Kier molecular flexibility index (Phi) is 3.76. The minimum atomic E-state index is 0.211. The van der Waals surface area contributed by atoms with Crippen molar-refractivity contribution in [3.63, 3.8) is 0 Å². The standard InChI is InChI=1S/C12H21NO/c1-5-8-13(12(2,3)4)10-11-7-6-9-14-11/h6-7,9H,5,8,10H2,1-4H3. The summed E-state index contributed by atoms with van der Waals surface area (Å²) in [5, 5.41) is 0. The summed E-state index contributed by atoms with van der Waals surface area (Å²) in [4.78, 5) is 2.44. The third-order valence-electron chi connectivity index (χ3n) is 2.37. The second-order valence-electron chi connectivity index (χ2n) is 4.67. The van der Waals surface area contributed by atoms with E-state index in [1.54, 1.807) is 6.26 Å². The highest BCUT2D eigenvalue weighted by Gasteiger charge is 2.20. The van der Waals surface area contributed by atoms with Crippen LogP contribution in [0.3, 0.4) is 0 Å². The molecule has 1 aromatic rings. The van der Waals surface area contributed by atoms with Gasteiger partial charge in [0.2, 0.25) is 0 Å². The lowest BCUT2D eigenvalue weighted by atomic mass is 10.1. The zero-order valence-electron chi connectivity index (χ0n) is 9.71. The molecule has 1 aromatic heterocycles. The summed E-state index contributed by atoms with van der Waals surface area (Å²) in [6, 6.07) is 3.98. The lowest BCUT2D eigenvalue weighted by molar-refractivity contribution is 0.118. The van der Waals surface area contributed by atoms with Crippen molar-refractivity contribution in [2.24, 2.45) is 0 Å². The number of hydrogen-bond donors (Lipinski definition) is 0. The van der Waals surface area contributed by atoms with Crippen molar-refractivity contribution < 1.29 is 4.42 Å². The van der Waals surface area contributed by atoms with E-state index in [1.165, 1.54) is 6.42 Å². The Balaban J connectivity index is 2.60. The molecule has 0 saturated heterocycles. The highest BCUT2D eigenvalue weighted by atomic mass is 16.3. The lowest BCUT2D eigenvalue weighted by Gasteiger charge is -2.34. The Bertz CT molecular complexity index is 246. The SMILES string of the molecule is CCCN(Cc1ccco1)C(C)(C)C.